The molecule has 2 N–H and O–H groups in total. The van der Waals surface area contributed by atoms with Crippen LogP contribution in [0.5, 0.6) is 11.5 Å². The highest BCUT2D eigenvalue weighted by Crippen LogP contribution is 2.30. The van der Waals surface area contributed by atoms with Gasteiger partial charge in [-0.25, -0.2) is 8.42 Å². The van der Waals surface area contributed by atoms with Crippen LogP contribution in [0.2, 0.25) is 0 Å². The topological polar surface area (TPSA) is 93.7 Å². The van der Waals surface area contributed by atoms with E-state index in [9.17, 15) is 13.2 Å². The first-order valence-electron chi connectivity index (χ1n) is 9.81. The SMILES string of the molecule is Cc1ccc(S(=O)(=O)c2ccc(NNC(=O)c3ccc4c(c3)OCCCO4)cc2)cc1. The molecule has 0 aromatic heterocycles. The predicted octanol–water partition coefficient (Wildman–Crippen LogP) is 3.75. The number of rotatable bonds is 5. The zero-order chi connectivity index (χ0) is 21.8. The summed E-state index contributed by atoms with van der Waals surface area (Å²) in [4.78, 5) is 12.9. The number of carbonyl (C=O) groups is 1. The van der Waals surface area contributed by atoms with Crippen LogP contribution >= 0.6 is 0 Å². The minimum absolute atomic E-state index is 0.177. The number of hydrogen-bond acceptors (Lipinski definition) is 6. The molecule has 0 fully saturated rings. The summed E-state index contributed by atoms with van der Waals surface area (Å²) in [6.45, 7) is 3.02. The van der Waals surface area contributed by atoms with Crippen molar-refractivity contribution in [2.75, 3.05) is 18.6 Å². The van der Waals surface area contributed by atoms with Gasteiger partial charge in [-0.15, -0.1) is 0 Å². The molecule has 1 heterocycles. The molecule has 0 saturated carbocycles. The fourth-order valence-electron chi connectivity index (χ4n) is 3.08. The van der Waals surface area contributed by atoms with Gasteiger partial charge >= 0.3 is 0 Å². The van der Waals surface area contributed by atoms with Gasteiger partial charge < -0.3 is 9.47 Å². The fourth-order valence-corrected chi connectivity index (χ4v) is 4.34. The largest absolute Gasteiger partial charge is 0.490 e. The molecule has 1 aliphatic rings. The number of anilines is 1. The first-order valence-corrected chi connectivity index (χ1v) is 11.3. The van der Waals surface area contributed by atoms with Gasteiger partial charge in [-0.3, -0.25) is 15.6 Å². The Morgan fingerprint density at radius 2 is 1.45 bits per heavy atom. The smallest absolute Gasteiger partial charge is 0.269 e. The van der Waals surface area contributed by atoms with Crippen LogP contribution in [0.15, 0.2) is 76.5 Å². The Labute approximate surface area is 180 Å². The van der Waals surface area contributed by atoms with Crippen LogP contribution in [-0.2, 0) is 9.84 Å². The van der Waals surface area contributed by atoms with Crippen molar-refractivity contribution in [3.8, 4) is 11.5 Å². The number of sulfone groups is 1. The van der Waals surface area contributed by atoms with Gasteiger partial charge in [-0.2, -0.15) is 0 Å². The summed E-state index contributed by atoms with van der Waals surface area (Å²) >= 11 is 0. The Bertz CT molecular complexity index is 1190. The Kier molecular flexibility index (Phi) is 5.81. The van der Waals surface area contributed by atoms with Crippen LogP contribution in [-0.4, -0.2) is 27.5 Å². The summed E-state index contributed by atoms with van der Waals surface area (Å²) in [5, 5.41) is 0. The Hall–Kier alpha value is -3.52. The summed E-state index contributed by atoms with van der Waals surface area (Å²) in [6.07, 6.45) is 0.785. The van der Waals surface area contributed by atoms with Gasteiger partial charge in [0.1, 0.15) is 0 Å². The van der Waals surface area contributed by atoms with Crippen molar-refractivity contribution < 1.29 is 22.7 Å². The average Bonchev–Trinajstić information content (AvgIpc) is 3.03. The second kappa shape index (κ2) is 8.69. The maximum absolute atomic E-state index is 12.7. The van der Waals surface area contributed by atoms with E-state index in [2.05, 4.69) is 10.9 Å². The molecule has 0 spiro atoms. The number of ether oxygens (including phenoxy) is 2. The lowest BCUT2D eigenvalue weighted by atomic mass is 10.2. The number of hydrazine groups is 1. The molecule has 31 heavy (non-hydrogen) atoms. The van der Waals surface area contributed by atoms with Gasteiger partial charge in [0.15, 0.2) is 11.5 Å². The number of nitrogens with one attached hydrogen (secondary N) is 2. The third-order valence-electron chi connectivity index (χ3n) is 4.83. The molecule has 0 aliphatic carbocycles. The Morgan fingerprint density at radius 1 is 0.839 bits per heavy atom. The van der Waals surface area contributed by atoms with Gasteiger partial charge in [0.2, 0.25) is 9.84 Å². The molecular weight excluding hydrogens is 416 g/mol. The summed E-state index contributed by atoms with van der Waals surface area (Å²) in [7, 11) is -3.60. The molecule has 8 heteroatoms. The lowest BCUT2D eigenvalue weighted by molar-refractivity contribution is 0.0962. The normalized spacial score (nSPS) is 13.2. The maximum Gasteiger partial charge on any atom is 0.269 e. The fraction of sp³-hybridized carbons (Fsp3) is 0.174. The van der Waals surface area contributed by atoms with E-state index >= 15 is 0 Å². The maximum atomic E-state index is 12.7. The van der Waals surface area contributed by atoms with Crippen LogP contribution in [0.3, 0.4) is 0 Å². The van der Waals surface area contributed by atoms with Crippen molar-refractivity contribution >= 4 is 21.4 Å². The Morgan fingerprint density at radius 3 is 2.13 bits per heavy atom. The molecule has 0 saturated heterocycles. The molecule has 3 aromatic rings. The molecule has 0 atom stereocenters. The van der Waals surface area contributed by atoms with E-state index in [0.717, 1.165) is 12.0 Å². The van der Waals surface area contributed by atoms with E-state index in [4.69, 9.17) is 9.47 Å². The zero-order valence-corrected chi connectivity index (χ0v) is 17.7. The van der Waals surface area contributed by atoms with Crippen molar-refractivity contribution in [2.24, 2.45) is 0 Å². The van der Waals surface area contributed by atoms with Crippen molar-refractivity contribution in [1.29, 1.82) is 0 Å². The summed E-state index contributed by atoms with van der Waals surface area (Å²) in [5.74, 6) is 0.801. The van der Waals surface area contributed by atoms with Gasteiger partial charge in [0.25, 0.3) is 5.91 Å². The third kappa shape index (κ3) is 4.64. The number of amides is 1. The zero-order valence-electron chi connectivity index (χ0n) is 16.9. The van der Waals surface area contributed by atoms with Crippen LogP contribution in [0.25, 0.3) is 0 Å². The summed E-state index contributed by atoms with van der Waals surface area (Å²) < 4.78 is 36.6. The average molecular weight is 439 g/mol. The first-order chi connectivity index (χ1) is 14.9. The van der Waals surface area contributed by atoms with E-state index in [1.54, 1.807) is 54.6 Å². The molecule has 4 rings (SSSR count). The third-order valence-corrected chi connectivity index (χ3v) is 6.61. The van der Waals surface area contributed by atoms with E-state index in [1.807, 2.05) is 6.92 Å². The standard InChI is InChI=1S/C23H22N2O5S/c1-16-3-8-19(9-4-16)31(27,28)20-10-6-18(7-11-20)24-25-23(26)17-5-12-21-22(15-17)30-14-2-13-29-21/h3-12,15,24H,2,13-14H2,1H3,(H,25,26). The lowest BCUT2D eigenvalue weighted by Gasteiger charge is -2.12. The number of aryl methyl sites for hydroxylation is 1. The lowest BCUT2D eigenvalue weighted by Crippen LogP contribution is -2.29. The highest BCUT2D eigenvalue weighted by Gasteiger charge is 2.17. The highest BCUT2D eigenvalue weighted by molar-refractivity contribution is 7.91. The minimum atomic E-state index is -3.60. The monoisotopic (exact) mass is 438 g/mol. The first kappa shape index (κ1) is 20.7. The molecule has 0 unspecified atom stereocenters. The van der Waals surface area contributed by atoms with Crippen molar-refractivity contribution in [1.82, 2.24) is 5.43 Å². The molecule has 3 aromatic carbocycles. The number of carbonyl (C=O) groups excluding carboxylic acids is 1. The number of benzene rings is 3. The summed E-state index contributed by atoms with van der Waals surface area (Å²) in [5.41, 5.74) is 7.34. The molecule has 160 valence electrons. The molecule has 7 nitrogen and oxygen atoms in total. The molecule has 0 bridgehead atoms. The van der Waals surface area contributed by atoms with Gasteiger partial charge in [0.05, 0.1) is 28.7 Å². The van der Waals surface area contributed by atoms with Crippen LogP contribution in [0.1, 0.15) is 22.3 Å². The predicted molar refractivity (Wildman–Crippen MR) is 116 cm³/mol. The number of hydrogen-bond donors (Lipinski definition) is 2. The molecule has 1 amide bonds. The molecule has 1 aliphatic heterocycles. The molecule has 0 radical (unpaired) electrons. The highest BCUT2D eigenvalue weighted by atomic mass is 32.2. The van der Waals surface area contributed by atoms with Crippen LogP contribution in [0.4, 0.5) is 5.69 Å². The molecular formula is C23H22N2O5S. The van der Waals surface area contributed by atoms with E-state index < -0.39 is 9.84 Å². The second-order valence-electron chi connectivity index (χ2n) is 7.13. The summed E-state index contributed by atoms with van der Waals surface area (Å²) in [6, 6.07) is 17.9. The Balaban J connectivity index is 1.42. The van der Waals surface area contributed by atoms with Crippen molar-refractivity contribution in [3.63, 3.8) is 0 Å². The van der Waals surface area contributed by atoms with Crippen molar-refractivity contribution in [2.45, 2.75) is 23.1 Å². The van der Waals surface area contributed by atoms with Gasteiger partial charge in [0, 0.05) is 12.0 Å². The van der Waals surface area contributed by atoms with E-state index in [0.29, 0.717) is 36.0 Å². The van der Waals surface area contributed by atoms with Crippen LogP contribution in [0, 0.1) is 6.92 Å². The van der Waals surface area contributed by atoms with Gasteiger partial charge in [-0.1, -0.05) is 17.7 Å². The van der Waals surface area contributed by atoms with E-state index in [1.165, 1.54) is 12.1 Å². The number of fused-ring (bicyclic) bond motifs is 1. The van der Waals surface area contributed by atoms with Crippen molar-refractivity contribution in [3.05, 3.63) is 77.9 Å². The second-order valence-corrected chi connectivity index (χ2v) is 9.08. The minimum Gasteiger partial charge on any atom is -0.490 e. The van der Waals surface area contributed by atoms with Gasteiger partial charge in [-0.05, 0) is 61.5 Å². The van der Waals surface area contributed by atoms with E-state index in [-0.39, 0.29) is 15.7 Å². The van der Waals surface area contributed by atoms with Crippen LogP contribution < -0.4 is 20.3 Å². The quantitative estimate of drug-likeness (QED) is 0.590.